The van der Waals surface area contributed by atoms with Crippen molar-refractivity contribution in [2.75, 3.05) is 13.1 Å². The first-order valence-corrected chi connectivity index (χ1v) is 14.6. The highest BCUT2D eigenvalue weighted by Crippen LogP contribution is 2.49. The summed E-state index contributed by atoms with van der Waals surface area (Å²) in [4.78, 5) is 35.7. The second-order valence-electron chi connectivity index (χ2n) is 14.1. The van der Waals surface area contributed by atoms with Crippen LogP contribution in [0.3, 0.4) is 0 Å². The summed E-state index contributed by atoms with van der Waals surface area (Å²) in [5, 5.41) is 9.51. The molecule has 1 N–H and O–H groups in total. The van der Waals surface area contributed by atoms with Gasteiger partial charge in [-0.25, -0.2) is 9.79 Å². The predicted octanol–water partition coefficient (Wildman–Crippen LogP) is 6.57. The Hall–Kier alpha value is -2.11. The van der Waals surface area contributed by atoms with Gasteiger partial charge in [-0.1, -0.05) is 53.7 Å². The number of aliphatic carboxylic acids is 1. The van der Waals surface area contributed by atoms with Gasteiger partial charge >= 0.3 is 5.97 Å². The lowest BCUT2D eigenvalue weighted by Gasteiger charge is -2.48. The maximum Gasteiger partial charge on any atom is 0.331 e. The van der Waals surface area contributed by atoms with E-state index in [2.05, 4.69) is 51.3 Å². The molecule has 0 aromatic carbocycles. The molecule has 0 radical (unpaired) electrons. The molecule has 2 fully saturated rings. The molecule has 2 aliphatic heterocycles. The Bertz CT molecular complexity index is 965. The summed E-state index contributed by atoms with van der Waals surface area (Å²) in [5.74, 6) is 0.579. The summed E-state index contributed by atoms with van der Waals surface area (Å²) in [7, 11) is 0. The van der Waals surface area contributed by atoms with Crippen molar-refractivity contribution in [3.63, 3.8) is 0 Å². The third-order valence-corrected chi connectivity index (χ3v) is 9.20. The molecule has 0 aromatic heterocycles. The standard InChI is InChI=1S/C31H49N3O3/c1-29(2,3)17-16-25(22-10-12-23(13-11-22)28(36)37)34-27(35)26(33-20-8-7-9-21-33)32-31(34)18-14-24(15-19-31)30(4,5)6/h10,12,24-25H,7-9,11,13-21H2,1-6H3,(H,36,37)/t24?,25-,31?/m1/s1. The van der Waals surface area contributed by atoms with Crippen molar-refractivity contribution < 1.29 is 14.7 Å². The number of amidine groups is 1. The van der Waals surface area contributed by atoms with Gasteiger partial charge in [-0.15, -0.1) is 0 Å². The third-order valence-electron chi connectivity index (χ3n) is 9.20. The number of aliphatic imine (C=N–C) groups is 1. The van der Waals surface area contributed by atoms with Gasteiger partial charge < -0.3 is 14.9 Å². The van der Waals surface area contributed by atoms with Gasteiger partial charge in [0.2, 0.25) is 0 Å². The smallest absolute Gasteiger partial charge is 0.331 e. The number of hydrogen-bond acceptors (Lipinski definition) is 4. The van der Waals surface area contributed by atoms with E-state index < -0.39 is 11.6 Å². The number of rotatable bonds is 5. The van der Waals surface area contributed by atoms with Crippen LogP contribution >= 0.6 is 0 Å². The molecule has 1 atom stereocenters. The number of hydrogen-bond donors (Lipinski definition) is 1. The second kappa shape index (κ2) is 10.6. The first-order chi connectivity index (χ1) is 17.3. The summed E-state index contributed by atoms with van der Waals surface area (Å²) < 4.78 is 0. The van der Waals surface area contributed by atoms with Crippen molar-refractivity contribution in [1.82, 2.24) is 9.80 Å². The van der Waals surface area contributed by atoms with Gasteiger partial charge in [0, 0.05) is 18.7 Å². The third kappa shape index (κ3) is 6.15. The summed E-state index contributed by atoms with van der Waals surface area (Å²) in [6.07, 6.45) is 14.3. The van der Waals surface area contributed by atoms with Gasteiger partial charge in [-0.3, -0.25) is 4.79 Å². The minimum Gasteiger partial charge on any atom is -0.478 e. The average Bonchev–Trinajstić information content (AvgIpc) is 3.11. The molecular weight excluding hydrogens is 462 g/mol. The van der Waals surface area contributed by atoms with Crippen LogP contribution in [-0.4, -0.2) is 57.4 Å². The highest BCUT2D eigenvalue weighted by molar-refractivity contribution is 6.39. The molecule has 0 bridgehead atoms. The van der Waals surface area contributed by atoms with Gasteiger partial charge in [-0.2, -0.15) is 0 Å². The van der Waals surface area contributed by atoms with Crippen LogP contribution in [0.2, 0.25) is 0 Å². The van der Waals surface area contributed by atoms with Gasteiger partial charge in [-0.05, 0) is 93.0 Å². The highest BCUT2D eigenvalue weighted by atomic mass is 16.4. The summed E-state index contributed by atoms with van der Waals surface area (Å²) >= 11 is 0. The highest BCUT2D eigenvalue weighted by Gasteiger charge is 2.54. The number of allylic oxidation sites excluding steroid dienone is 2. The number of carboxylic acid groups (broad SMARTS) is 1. The molecule has 2 aliphatic carbocycles. The molecule has 4 rings (SSSR count). The maximum absolute atomic E-state index is 14.4. The van der Waals surface area contributed by atoms with Crippen molar-refractivity contribution in [3.8, 4) is 0 Å². The fourth-order valence-corrected chi connectivity index (χ4v) is 6.80. The Balaban J connectivity index is 1.72. The average molecular weight is 512 g/mol. The van der Waals surface area contributed by atoms with E-state index in [1.807, 2.05) is 6.08 Å². The largest absolute Gasteiger partial charge is 0.478 e. The van der Waals surface area contributed by atoms with Crippen LogP contribution in [0.1, 0.15) is 112 Å². The Kier molecular flexibility index (Phi) is 7.97. The predicted molar refractivity (Wildman–Crippen MR) is 149 cm³/mol. The Morgan fingerprint density at radius 3 is 2.22 bits per heavy atom. The zero-order valence-corrected chi connectivity index (χ0v) is 24.1. The minimum atomic E-state index is -0.841. The molecule has 1 saturated heterocycles. The van der Waals surface area contributed by atoms with Crippen LogP contribution in [0.25, 0.3) is 0 Å². The van der Waals surface area contributed by atoms with Crippen molar-refractivity contribution in [2.24, 2.45) is 21.7 Å². The number of likely N-dealkylation sites (tertiary alicyclic amines) is 1. The van der Waals surface area contributed by atoms with Crippen molar-refractivity contribution in [2.45, 2.75) is 124 Å². The van der Waals surface area contributed by atoms with E-state index in [9.17, 15) is 14.7 Å². The van der Waals surface area contributed by atoms with Crippen molar-refractivity contribution in [1.29, 1.82) is 0 Å². The topological polar surface area (TPSA) is 73.2 Å². The lowest BCUT2D eigenvalue weighted by molar-refractivity contribution is -0.134. The Labute approximate surface area is 224 Å². The van der Waals surface area contributed by atoms with E-state index in [-0.39, 0.29) is 22.8 Å². The van der Waals surface area contributed by atoms with Crippen LogP contribution in [0.4, 0.5) is 0 Å². The van der Waals surface area contributed by atoms with E-state index in [1.54, 1.807) is 6.08 Å². The SMILES string of the molecule is CC(C)(C)CC[C@H](C1=CC=C(C(=O)O)CC1)N1C(=O)C(N2CCCCC2)=NC12CCC(C(C)(C)C)CC2. The monoisotopic (exact) mass is 511 g/mol. The van der Waals surface area contributed by atoms with Crippen LogP contribution in [0.5, 0.6) is 0 Å². The lowest BCUT2D eigenvalue weighted by Crippen LogP contribution is -2.56. The van der Waals surface area contributed by atoms with Crippen LogP contribution in [-0.2, 0) is 9.59 Å². The van der Waals surface area contributed by atoms with E-state index in [0.29, 0.717) is 30.2 Å². The normalized spacial score (nSPS) is 28.2. The molecule has 1 amide bonds. The van der Waals surface area contributed by atoms with Crippen LogP contribution < -0.4 is 0 Å². The lowest BCUT2D eigenvalue weighted by atomic mass is 9.69. The van der Waals surface area contributed by atoms with Crippen LogP contribution in [0.15, 0.2) is 28.3 Å². The molecule has 206 valence electrons. The van der Waals surface area contributed by atoms with Gasteiger partial charge in [0.05, 0.1) is 6.04 Å². The van der Waals surface area contributed by atoms with E-state index in [0.717, 1.165) is 64.5 Å². The number of carboxylic acids is 1. The van der Waals surface area contributed by atoms with E-state index >= 15 is 0 Å². The van der Waals surface area contributed by atoms with Gasteiger partial charge in [0.25, 0.3) is 5.91 Å². The van der Waals surface area contributed by atoms with E-state index in [4.69, 9.17) is 4.99 Å². The quantitative estimate of drug-likeness (QED) is 0.453. The number of nitrogens with zero attached hydrogens (tertiary/aromatic N) is 3. The first kappa shape index (κ1) is 27.9. The Morgan fingerprint density at radius 2 is 1.70 bits per heavy atom. The van der Waals surface area contributed by atoms with E-state index in [1.165, 1.54) is 12.0 Å². The molecule has 2 heterocycles. The molecule has 6 heteroatoms. The molecule has 0 aromatic rings. The van der Waals surface area contributed by atoms with Crippen LogP contribution in [0, 0.1) is 16.7 Å². The number of carbonyl (C=O) groups excluding carboxylic acids is 1. The summed E-state index contributed by atoms with van der Waals surface area (Å²) in [6, 6.07) is -0.0458. The van der Waals surface area contributed by atoms with Crippen molar-refractivity contribution in [3.05, 3.63) is 23.3 Å². The maximum atomic E-state index is 14.4. The molecule has 0 unspecified atom stereocenters. The summed E-state index contributed by atoms with van der Waals surface area (Å²) in [5.41, 5.74) is 1.56. The fraction of sp³-hybridized carbons (Fsp3) is 0.774. The number of amides is 1. The minimum absolute atomic E-state index is 0.0458. The van der Waals surface area contributed by atoms with Crippen molar-refractivity contribution >= 4 is 17.7 Å². The fourth-order valence-electron chi connectivity index (χ4n) is 6.80. The molecule has 4 aliphatic rings. The zero-order valence-electron chi connectivity index (χ0n) is 24.1. The van der Waals surface area contributed by atoms with Gasteiger partial charge in [0.15, 0.2) is 5.84 Å². The zero-order chi connectivity index (χ0) is 27.0. The molecule has 1 spiro atoms. The first-order valence-electron chi connectivity index (χ1n) is 14.6. The molecule has 6 nitrogen and oxygen atoms in total. The van der Waals surface area contributed by atoms with Gasteiger partial charge in [0.1, 0.15) is 5.66 Å². The number of piperidine rings is 1. The Morgan fingerprint density at radius 1 is 1.05 bits per heavy atom. The summed E-state index contributed by atoms with van der Waals surface area (Å²) in [6.45, 7) is 15.6. The molecule has 37 heavy (non-hydrogen) atoms. The molecular formula is C31H49N3O3. The molecule has 1 saturated carbocycles. The second-order valence-corrected chi connectivity index (χ2v) is 14.1. The number of carbonyl (C=O) groups is 2.